The highest BCUT2D eigenvalue weighted by molar-refractivity contribution is 7.09. The highest BCUT2D eigenvalue weighted by Crippen LogP contribution is 2.29. The molecule has 0 aliphatic carbocycles. The number of rotatable bonds is 5. The number of amides is 1. The van der Waals surface area contributed by atoms with Gasteiger partial charge in [-0.1, -0.05) is 24.3 Å². The Hall–Kier alpha value is -2.38. The van der Waals surface area contributed by atoms with Crippen molar-refractivity contribution in [2.24, 2.45) is 0 Å². The first kappa shape index (κ1) is 19.0. The van der Waals surface area contributed by atoms with Gasteiger partial charge in [0.05, 0.1) is 11.2 Å². The molecule has 0 radical (unpaired) electrons. The maximum atomic E-state index is 15.1. The predicted molar refractivity (Wildman–Crippen MR) is 109 cm³/mol. The number of fused-ring (bicyclic) bond motifs is 1. The number of hydrogen-bond donors (Lipinski definition) is 1. The maximum absolute atomic E-state index is 15.1. The van der Waals surface area contributed by atoms with Crippen LogP contribution < -0.4 is 5.32 Å². The number of piperidine rings is 1. The van der Waals surface area contributed by atoms with E-state index in [1.807, 2.05) is 49.5 Å². The molecule has 1 amide bonds. The van der Waals surface area contributed by atoms with Crippen LogP contribution in [0.4, 0.5) is 4.39 Å². The summed E-state index contributed by atoms with van der Waals surface area (Å²) in [6.45, 7) is 3.65. The minimum atomic E-state index is -1.29. The molecule has 1 saturated heterocycles. The van der Waals surface area contributed by atoms with Crippen LogP contribution in [-0.2, 0) is 6.54 Å². The Balaban J connectivity index is 1.32. The van der Waals surface area contributed by atoms with Crippen molar-refractivity contribution in [3.05, 3.63) is 58.7 Å². The van der Waals surface area contributed by atoms with Crippen molar-refractivity contribution in [2.45, 2.75) is 32.0 Å². The molecule has 2 aromatic heterocycles. The molecule has 1 aliphatic heterocycles. The number of aryl methyl sites for hydroxylation is 1. The van der Waals surface area contributed by atoms with Crippen molar-refractivity contribution in [2.75, 3.05) is 19.6 Å². The average Bonchev–Trinajstić information content (AvgIpc) is 3.14. The SMILES string of the molecule is Cc1ccc(CNCC2(F)CCN(C(=O)c3snc4ccccc34)CC2)nc1. The van der Waals surface area contributed by atoms with Crippen LogP contribution in [0.1, 0.15) is 33.8 Å². The van der Waals surface area contributed by atoms with E-state index in [-0.39, 0.29) is 12.5 Å². The predicted octanol–water partition coefficient (Wildman–Crippen LogP) is 3.73. The van der Waals surface area contributed by atoms with Crippen LogP contribution >= 0.6 is 11.5 Å². The van der Waals surface area contributed by atoms with Crippen LogP contribution in [0.5, 0.6) is 0 Å². The van der Waals surface area contributed by atoms with E-state index in [0.29, 0.717) is 37.4 Å². The van der Waals surface area contributed by atoms with Gasteiger partial charge in [0.25, 0.3) is 5.91 Å². The number of aromatic nitrogens is 2. The second-order valence-electron chi connectivity index (χ2n) is 7.40. The molecule has 1 aromatic carbocycles. The summed E-state index contributed by atoms with van der Waals surface area (Å²) in [5, 5.41) is 4.05. The molecule has 0 bridgehead atoms. The molecule has 5 nitrogen and oxygen atoms in total. The number of carbonyl (C=O) groups excluding carboxylic acids is 1. The first-order chi connectivity index (χ1) is 13.5. The topological polar surface area (TPSA) is 58.1 Å². The lowest BCUT2D eigenvalue weighted by atomic mass is 9.93. The summed E-state index contributed by atoms with van der Waals surface area (Å²) < 4.78 is 19.5. The van der Waals surface area contributed by atoms with Gasteiger partial charge in [-0.2, -0.15) is 4.37 Å². The fourth-order valence-electron chi connectivity index (χ4n) is 3.49. The summed E-state index contributed by atoms with van der Waals surface area (Å²) in [7, 11) is 0. The number of benzene rings is 1. The van der Waals surface area contributed by atoms with E-state index >= 15 is 4.39 Å². The molecule has 0 atom stereocenters. The van der Waals surface area contributed by atoms with E-state index in [9.17, 15) is 4.79 Å². The summed E-state index contributed by atoms with van der Waals surface area (Å²) in [4.78, 5) is 19.6. The van der Waals surface area contributed by atoms with Crippen molar-refractivity contribution in [3.63, 3.8) is 0 Å². The molecular weight excluding hydrogens is 375 g/mol. The highest BCUT2D eigenvalue weighted by atomic mass is 32.1. The molecule has 0 unspecified atom stereocenters. The Labute approximate surface area is 167 Å². The summed E-state index contributed by atoms with van der Waals surface area (Å²) in [5.74, 6) is -0.0439. The monoisotopic (exact) mass is 398 g/mol. The minimum Gasteiger partial charge on any atom is -0.338 e. The van der Waals surface area contributed by atoms with Crippen LogP contribution in [0.2, 0.25) is 0 Å². The molecule has 3 aromatic rings. The smallest absolute Gasteiger partial charge is 0.266 e. The first-order valence-electron chi connectivity index (χ1n) is 9.49. The molecule has 0 saturated carbocycles. The molecular formula is C21H23FN4OS. The number of pyridine rings is 1. The van der Waals surface area contributed by atoms with Crippen LogP contribution in [0, 0.1) is 6.92 Å². The van der Waals surface area contributed by atoms with Gasteiger partial charge in [0.2, 0.25) is 0 Å². The van der Waals surface area contributed by atoms with Crippen molar-refractivity contribution >= 4 is 28.3 Å². The number of hydrogen-bond acceptors (Lipinski definition) is 5. The Morgan fingerprint density at radius 3 is 2.79 bits per heavy atom. The molecule has 0 spiro atoms. The summed E-state index contributed by atoms with van der Waals surface area (Å²) in [6.07, 6.45) is 2.49. The number of alkyl halides is 1. The molecule has 4 rings (SSSR count). The van der Waals surface area contributed by atoms with E-state index in [0.717, 1.165) is 22.2 Å². The van der Waals surface area contributed by atoms with Gasteiger partial charge in [0.15, 0.2) is 0 Å². The van der Waals surface area contributed by atoms with Crippen molar-refractivity contribution in [1.82, 2.24) is 19.6 Å². The number of carbonyl (C=O) groups is 1. The number of likely N-dealkylation sites (tertiary alicyclic amines) is 1. The minimum absolute atomic E-state index is 0.0439. The van der Waals surface area contributed by atoms with E-state index < -0.39 is 5.67 Å². The zero-order valence-electron chi connectivity index (χ0n) is 15.8. The second kappa shape index (κ2) is 7.93. The van der Waals surface area contributed by atoms with E-state index in [1.54, 1.807) is 4.90 Å². The lowest BCUT2D eigenvalue weighted by Gasteiger charge is -2.36. The molecule has 1 N–H and O–H groups in total. The first-order valence-corrected chi connectivity index (χ1v) is 10.3. The third kappa shape index (κ3) is 4.05. The van der Waals surface area contributed by atoms with Gasteiger partial charge < -0.3 is 10.2 Å². The standard InChI is InChI=1S/C21H23FN4OS/c1-15-6-7-16(24-12-15)13-23-14-21(22)8-10-26(11-9-21)20(27)19-17-4-2-3-5-18(17)25-28-19/h2-7,12,23H,8-11,13-14H2,1H3. The second-order valence-corrected chi connectivity index (χ2v) is 8.18. The third-order valence-corrected chi connectivity index (χ3v) is 6.11. The zero-order valence-corrected chi connectivity index (χ0v) is 16.6. The molecule has 3 heterocycles. The lowest BCUT2D eigenvalue weighted by Crippen LogP contribution is -2.48. The van der Waals surface area contributed by atoms with Gasteiger partial charge in [-0.15, -0.1) is 0 Å². The third-order valence-electron chi connectivity index (χ3n) is 5.25. The van der Waals surface area contributed by atoms with Crippen LogP contribution in [-0.4, -0.2) is 45.5 Å². The largest absolute Gasteiger partial charge is 0.338 e. The Morgan fingerprint density at radius 2 is 2.04 bits per heavy atom. The van der Waals surface area contributed by atoms with Gasteiger partial charge in [0.1, 0.15) is 10.5 Å². The molecule has 28 heavy (non-hydrogen) atoms. The van der Waals surface area contributed by atoms with Crippen LogP contribution in [0.15, 0.2) is 42.6 Å². The quantitative estimate of drug-likeness (QED) is 0.711. The lowest BCUT2D eigenvalue weighted by molar-refractivity contribution is 0.0439. The summed E-state index contributed by atoms with van der Waals surface area (Å²) in [6, 6.07) is 11.6. The van der Waals surface area contributed by atoms with E-state index in [2.05, 4.69) is 14.7 Å². The van der Waals surface area contributed by atoms with Gasteiger partial charge in [-0.25, -0.2) is 4.39 Å². The van der Waals surface area contributed by atoms with Crippen molar-refractivity contribution in [3.8, 4) is 0 Å². The van der Waals surface area contributed by atoms with Gasteiger partial charge >= 0.3 is 0 Å². The summed E-state index contributed by atoms with van der Waals surface area (Å²) in [5.41, 5.74) is 1.55. The van der Waals surface area contributed by atoms with Crippen molar-refractivity contribution < 1.29 is 9.18 Å². The Morgan fingerprint density at radius 1 is 1.25 bits per heavy atom. The zero-order chi connectivity index (χ0) is 19.6. The Kier molecular flexibility index (Phi) is 5.37. The maximum Gasteiger partial charge on any atom is 0.266 e. The fourth-order valence-corrected chi connectivity index (χ4v) is 4.32. The molecule has 1 fully saturated rings. The van der Waals surface area contributed by atoms with E-state index in [4.69, 9.17) is 0 Å². The summed E-state index contributed by atoms with van der Waals surface area (Å²) >= 11 is 1.22. The molecule has 1 aliphatic rings. The molecule has 7 heteroatoms. The van der Waals surface area contributed by atoms with Gasteiger partial charge in [0, 0.05) is 50.6 Å². The fraction of sp³-hybridized carbons (Fsp3) is 0.381. The average molecular weight is 399 g/mol. The number of halogens is 1. The number of nitrogens with one attached hydrogen (secondary N) is 1. The van der Waals surface area contributed by atoms with Gasteiger partial charge in [-0.3, -0.25) is 9.78 Å². The van der Waals surface area contributed by atoms with Crippen LogP contribution in [0.3, 0.4) is 0 Å². The van der Waals surface area contributed by atoms with Crippen molar-refractivity contribution in [1.29, 1.82) is 0 Å². The molecule has 146 valence electrons. The van der Waals surface area contributed by atoms with E-state index in [1.165, 1.54) is 11.5 Å². The van der Waals surface area contributed by atoms with Gasteiger partial charge in [-0.05, 0) is 36.2 Å². The number of nitrogens with zero attached hydrogens (tertiary/aromatic N) is 3. The Bertz CT molecular complexity index is 964. The highest BCUT2D eigenvalue weighted by Gasteiger charge is 2.36. The normalized spacial score (nSPS) is 16.4. The van der Waals surface area contributed by atoms with Crippen LogP contribution in [0.25, 0.3) is 10.9 Å².